The van der Waals surface area contributed by atoms with Gasteiger partial charge in [-0.25, -0.2) is 0 Å². The molecule has 0 aliphatic heterocycles. The number of nitrogens with zero attached hydrogens (tertiary/aromatic N) is 1. The summed E-state index contributed by atoms with van der Waals surface area (Å²) in [5, 5.41) is 12.1. The summed E-state index contributed by atoms with van der Waals surface area (Å²) < 4.78 is 0.732. The maximum absolute atomic E-state index is 11.3. The number of rotatable bonds is 5. The molecule has 0 aromatic heterocycles. The summed E-state index contributed by atoms with van der Waals surface area (Å²) >= 11 is 0. The molecule has 18 heavy (non-hydrogen) atoms. The van der Waals surface area contributed by atoms with Gasteiger partial charge in [-0.15, -0.1) is 0 Å². The van der Waals surface area contributed by atoms with Crippen molar-refractivity contribution in [2.45, 2.75) is 26.4 Å². The van der Waals surface area contributed by atoms with Crippen LogP contribution in [0, 0.1) is 0 Å². The average Bonchev–Trinajstić information content (AvgIpc) is 2.24. The van der Waals surface area contributed by atoms with E-state index in [1.807, 2.05) is 0 Å². The molecule has 0 spiro atoms. The molecule has 0 aromatic rings. The van der Waals surface area contributed by atoms with Crippen molar-refractivity contribution in [3.8, 4) is 0 Å². The fourth-order valence-electron chi connectivity index (χ4n) is 1.12. The largest absolute Gasteiger partial charge is 0.545 e. The van der Waals surface area contributed by atoms with Crippen molar-refractivity contribution >= 4 is 11.9 Å². The first-order valence-corrected chi connectivity index (χ1v) is 5.67. The topological polar surface area (TPSA) is 69.2 Å². The van der Waals surface area contributed by atoms with Crippen molar-refractivity contribution in [3.63, 3.8) is 0 Å². The van der Waals surface area contributed by atoms with Gasteiger partial charge in [0.25, 0.3) is 5.91 Å². The summed E-state index contributed by atoms with van der Waals surface area (Å²) in [5.74, 6) is -1.29. The minimum atomic E-state index is -1.23. The third-order valence-electron chi connectivity index (χ3n) is 2.17. The van der Waals surface area contributed by atoms with Gasteiger partial charge in [-0.1, -0.05) is 20.1 Å². The Morgan fingerprint density at radius 1 is 1.39 bits per heavy atom. The summed E-state index contributed by atoms with van der Waals surface area (Å²) in [6.07, 6.45) is 1.80. The Morgan fingerprint density at radius 3 is 1.94 bits per heavy atom. The molecule has 1 amide bonds. The molecule has 5 nitrogen and oxygen atoms in total. The van der Waals surface area contributed by atoms with E-state index in [0.29, 0.717) is 5.57 Å². The predicted molar refractivity (Wildman–Crippen MR) is 70.3 cm³/mol. The van der Waals surface area contributed by atoms with Gasteiger partial charge in [-0.05, 0) is 13.0 Å². The predicted octanol–water partition coefficient (Wildman–Crippen LogP) is 0.0433. The van der Waals surface area contributed by atoms with Gasteiger partial charge in [0.2, 0.25) is 0 Å². The number of hydrogen-bond acceptors (Lipinski definition) is 3. The standard InChI is InChI=1S/C10H20N2O.C3H4O2/c1-7-9(12(4,5)6)11-10(13)8(2)3;1-2-3(4)5/h9H,2,7H2,1,3-6H3;2H,1H2,(H,4,5). The lowest BCUT2D eigenvalue weighted by molar-refractivity contribution is -0.898. The zero-order chi connectivity index (χ0) is 14.9. The van der Waals surface area contributed by atoms with E-state index >= 15 is 0 Å². The van der Waals surface area contributed by atoms with Crippen LogP contribution in [0.3, 0.4) is 0 Å². The van der Waals surface area contributed by atoms with Gasteiger partial charge in [0.15, 0.2) is 6.17 Å². The van der Waals surface area contributed by atoms with Crippen LogP contribution < -0.4 is 10.4 Å². The van der Waals surface area contributed by atoms with Crippen LogP contribution in [0.5, 0.6) is 0 Å². The molecule has 0 aliphatic rings. The molecule has 0 saturated carbocycles. The number of nitrogens with one attached hydrogen (secondary N) is 1. The molecule has 0 aromatic carbocycles. The Labute approximate surface area is 109 Å². The lowest BCUT2D eigenvalue weighted by Gasteiger charge is -2.33. The van der Waals surface area contributed by atoms with Gasteiger partial charge >= 0.3 is 0 Å². The van der Waals surface area contributed by atoms with E-state index in [9.17, 15) is 4.79 Å². The molecule has 1 N–H and O–H groups in total. The third-order valence-corrected chi connectivity index (χ3v) is 2.17. The minimum Gasteiger partial charge on any atom is -0.545 e. The third kappa shape index (κ3) is 9.59. The van der Waals surface area contributed by atoms with Crippen molar-refractivity contribution in [2.24, 2.45) is 0 Å². The second-order valence-electron chi connectivity index (χ2n) is 4.82. The number of amides is 1. The Morgan fingerprint density at radius 2 is 1.78 bits per heavy atom. The van der Waals surface area contributed by atoms with Gasteiger partial charge in [0.1, 0.15) is 0 Å². The quantitative estimate of drug-likeness (QED) is 0.429. The molecule has 0 saturated heterocycles. The maximum atomic E-state index is 11.3. The highest BCUT2D eigenvalue weighted by molar-refractivity contribution is 5.92. The Bertz CT molecular complexity index is 317. The summed E-state index contributed by atoms with van der Waals surface area (Å²) in [6, 6.07) is 0. The first-order valence-electron chi connectivity index (χ1n) is 5.67. The summed E-state index contributed by atoms with van der Waals surface area (Å²) in [4.78, 5) is 20.5. The lowest BCUT2D eigenvalue weighted by Crippen LogP contribution is -2.54. The van der Waals surface area contributed by atoms with Crippen molar-refractivity contribution in [3.05, 3.63) is 24.8 Å². The molecule has 0 heterocycles. The highest BCUT2D eigenvalue weighted by Gasteiger charge is 2.23. The zero-order valence-corrected chi connectivity index (χ0v) is 11.9. The number of carbonyl (C=O) groups is 2. The molecule has 0 fully saturated rings. The van der Waals surface area contributed by atoms with Gasteiger partial charge in [0, 0.05) is 12.0 Å². The van der Waals surface area contributed by atoms with Crippen LogP contribution in [-0.2, 0) is 9.59 Å². The van der Waals surface area contributed by atoms with E-state index in [0.717, 1.165) is 17.0 Å². The van der Waals surface area contributed by atoms with Crippen LogP contribution in [-0.4, -0.2) is 43.7 Å². The molecule has 1 atom stereocenters. The molecule has 1 unspecified atom stereocenters. The number of quaternary nitrogens is 1. The molecular weight excluding hydrogens is 232 g/mol. The van der Waals surface area contributed by atoms with E-state index in [4.69, 9.17) is 9.90 Å². The van der Waals surface area contributed by atoms with Crippen LogP contribution in [0.2, 0.25) is 0 Å². The van der Waals surface area contributed by atoms with Crippen LogP contribution in [0.25, 0.3) is 0 Å². The van der Waals surface area contributed by atoms with Gasteiger partial charge < -0.3 is 19.7 Å². The maximum Gasteiger partial charge on any atom is 0.250 e. The van der Waals surface area contributed by atoms with E-state index in [-0.39, 0.29) is 12.1 Å². The number of carboxylic acid groups (broad SMARTS) is 1. The number of carbonyl (C=O) groups excluding carboxylic acids is 2. The molecule has 104 valence electrons. The Balaban J connectivity index is 0. The van der Waals surface area contributed by atoms with Gasteiger partial charge in [0.05, 0.1) is 27.1 Å². The zero-order valence-electron chi connectivity index (χ0n) is 11.9. The molecule has 0 bridgehead atoms. The minimum absolute atomic E-state index is 0.0556. The van der Waals surface area contributed by atoms with Crippen LogP contribution in [0.4, 0.5) is 0 Å². The van der Waals surface area contributed by atoms with Gasteiger partial charge in [-0.3, -0.25) is 4.79 Å². The first-order chi connectivity index (χ1) is 8.06. The SMILES string of the molecule is C=C(C)C(=O)NC(CC)[N+](C)(C)C.C=CC(=O)[O-]. The molecule has 0 radical (unpaired) electrons. The second-order valence-corrected chi connectivity index (χ2v) is 4.82. The van der Waals surface area contributed by atoms with Crippen molar-refractivity contribution in [1.82, 2.24) is 5.32 Å². The molecular formula is C13H24N2O3. The lowest BCUT2D eigenvalue weighted by atomic mass is 10.2. The Kier molecular flexibility index (Phi) is 8.81. The van der Waals surface area contributed by atoms with E-state index < -0.39 is 5.97 Å². The van der Waals surface area contributed by atoms with Gasteiger partial charge in [-0.2, -0.15) is 0 Å². The van der Waals surface area contributed by atoms with E-state index in [2.05, 4.69) is 46.5 Å². The first kappa shape index (κ1) is 18.7. The number of carboxylic acids is 1. The highest BCUT2D eigenvalue weighted by Crippen LogP contribution is 2.04. The summed E-state index contributed by atoms with van der Waals surface area (Å²) in [6.45, 7) is 10.3. The highest BCUT2D eigenvalue weighted by atomic mass is 16.4. The number of aliphatic carboxylic acids is 1. The fourth-order valence-corrected chi connectivity index (χ4v) is 1.12. The normalized spacial score (nSPS) is 11.6. The van der Waals surface area contributed by atoms with Crippen molar-refractivity contribution in [1.29, 1.82) is 0 Å². The van der Waals surface area contributed by atoms with Crippen LogP contribution >= 0.6 is 0 Å². The smallest absolute Gasteiger partial charge is 0.250 e. The second kappa shape index (κ2) is 8.47. The molecule has 0 aliphatic carbocycles. The number of hydrogen-bond donors (Lipinski definition) is 1. The monoisotopic (exact) mass is 256 g/mol. The summed E-state index contributed by atoms with van der Waals surface area (Å²) in [5.41, 5.74) is 0.562. The van der Waals surface area contributed by atoms with Crippen LogP contribution in [0.15, 0.2) is 24.8 Å². The van der Waals surface area contributed by atoms with E-state index in [1.165, 1.54) is 0 Å². The van der Waals surface area contributed by atoms with Crippen molar-refractivity contribution < 1.29 is 19.2 Å². The molecule has 0 rings (SSSR count). The van der Waals surface area contributed by atoms with E-state index in [1.54, 1.807) is 6.92 Å². The van der Waals surface area contributed by atoms with Crippen LogP contribution in [0.1, 0.15) is 20.3 Å². The average molecular weight is 256 g/mol. The Hall–Kier alpha value is -1.62. The summed E-state index contributed by atoms with van der Waals surface area (Å²) in [7, 11) is 6.19. The molecule has 5 heteroatoms. The van der Waals surface area contributed by atoms with Crippen molar-refractivity contribution in [2.75, 3.05) is 21.1 Å². The fraction of sp³-hybridized carbons (Fsp3) is 0.538.